The van der Waals surface area contributed by atoms with Gasteiger partial charge in [-0.3, -0.25) is 4.79 Å². The molecule has 1 aromatic carbocycles. The van der Waals surface area contributed by atoms with Gasteiger partial charge in [-0.1, -0.05) is 22.0 Å². The first-order valence-corrected chi connectivity index (χ1v) is 7.94. The van der Waals surface area contributed by atoms with Crippen molar-refractivity contribution in [3.8, 4) is 0 Å². The van der Waals surface area contributed by atoms with Crippen molar-refractivity contribution in [3.05, 3.63) is 56.5 Å². The Hall–Kier alpha value is -2.42. The number of hydrogen-bond donors (Lipinski definition) is 1. The van der Waals surface area contributed by atoms with Gasteiger partial charge in [-0.15, -0.1) is 0 Å². The van der Waals surface area contributed by atoms with Crippen LogP contribution < -0.4 is 10.9 Å². The number of halogens is 4. The molecule has 0 amide bonds. The molecule has 0 radical (unpaired) electrons. The van der Waals surface area contributed by atoms with Gasteiger partial charge in [-0.25, -0.2) is 9.67 Å². The minimum Gasteiger partial charge on any atom is -0.339 e. The van der Waals surface area contributed by atoms with Gasteiger partial charge >= 0.3 is 6.18 Å². The maximum absolute atomic E-state index is 13.2. The zero-order chi connectivity index (χ0) is 18.4. The molecule has 0 unspecified atom stereocenters. The molecule has 5 nitrogen and oxygen atoms in total. The van der Waals surface area contributed by atoms with E-state index in [1.165, 1.54) is 13.2 Å². The molecular formula is C16H12BrF3N4O. The third kappa shape index (κ3) is 3.23. The third-order valence-electron chi connectivity index (χ3n) is 3.74. The Bertz CT molecular complexity index is 1030. The lowest BCUT2D eigenvalue weighted by atomic mass is 10.1. The number of alkyl halides is 3. The Labute approximate surface area is 148 Å². The molecule has 2 aromatic heterocycles. The summed E-state index contributed by atoms with van der Waals surface area (Å²) in [4.78, 5) is 16.0. The summed E-state index contributed by atoms with van der Waals surface area (Å²) in [6, 6.07) is 6.05. The molecule has 0 spiro atoms. The van der Waals surface area contributed by atoms with E-state index in [1.54, 1.807) is 25.1 Å². The number of nitrogens with one attached hydrogen (secondary N) is 1. The molecular weight excluding hydrogens is 401 g/mol. The Morgan fingerprint density at radius 2 is 2.00 bits per heavy atom. The molecule has 1 N–H and O–H groups in total. The minimum absolute atomic E-state index is 0.0462. The van der Waals surface area contributed by atoms with Gasteiger partial charge in [-0.2, -0.15) is 18.3 Å². The van der Waals surface area contributed by atoms with Gasteiger partial charge in [0.05, 0.1) is 11.6 Å². The van der Waals surface area contributed by atoms with Gasteiger partial charge in [0.2, 0.25) is 0 Å². The number of anilines is 2. The third-order valence-corrected chi connectivity index (χ3v) is 4.60. The topological polar surface area (TPSA) is 59.8 Å². The van der Waals surface area contributed by atoms with Crippen LogP contribution in [0.3, 0.4) is 0 Å². The van der Waals surface area contributed by atoms with Crippen LogP contribution in [0.5, 0.6) is 0 Å². The van der Waals surface area contributed by atoms with Crippen molar-refractivity contribution < 1.29 is 13.2 Å². The van der Waals surface area contributed by atoms with Crippen LogP contribution in [0.25, 0.3) is 10.8 Å². The molecule has 25 heavy (non-hydrogen) atoms. The largest absolute Gasteiger partial charge is 0.433 e. The summed E-state index contributed by atoms with van der Waals surface area (Å²) in [7, 11) is 1.42. The maximum Gasteiger partial charge on any atom is 0.433 e. The number of benzene rings is 1. The number of aryl methyl sites for hydroxylation is 1. The smallest absolute Gasteiger partial charge is 0.339 e. The molecule has 0 atom stereocenters. The van der Waals surface area contributed by atoms with Crippen LogP contribution in [0, 0.1) is 6.92 Å². The molecule has 130 valence electrons. The Morgan fingerprint density at radius 1 is 1.28 bits per heavy atom. The predicted molar refractivity (Wildman–Crippen MR) is 91.9 cm³/mol. The summed E-state index contributed by atoms with van der Waals surface area (Å²) in [6.07, 6.45) is -3.43. The predicted octanol–water partition coefficient (Wildman–Crippen LogP) is 4.16. The highest BCUT2D eigenvalue weighted by atomic mass is 79.9. The van der Waals surface area contributed by atoms with Gasteiger partial charge < -0.3 is 5.32 Å². The standard InChI is InChI=1S/C16H12BrF3N4O/c1-8-10(17)4-3-5-11(8)22-14-13-9(7-21-24(2)15(13)25)6-12(23-14)16(18,19)20/h3-7H,1-2H3,(H,22,23). The van der Waals surface area contributed by atoms with Crippen LogP contribution >= 0.6 is 15.9 Å². The molecule has 0 saturated carbocycles. The van der Waals surface area contributed by atoms with Crippen LogP contribution in [0.4, 0.5) is 24.7 Å². The Balaban J connectivity index is 2.29. The number of fused-ring (bicyclic) bond motifs is 1. The van der Waals surface area contributed by atoms with Crippen molar-refractivity contribution in [2.75, 3.05) is 5.32 Å². The number of nitrogens with zero attached hydrogens (tertiary/aromatic N) is 3. The number of hydrogen-bond acceptors (Lipinski definition) is 4. The van der Waals surface area contributed by atoms with Crippen LogP contribution in [0.1, 0.15) is 11.3 Å². The summed E-state index contributed by atoms with van der Waals surface area (Å²) < 4.78 is 41.3. The molecule has 3 rings (SSSR count). The van der Waals surface area contributed by atoms with Gasteiger partial charge in [-0.05, 0) is 30.7 Å². The molecule has 0 bridgehead atoms. The highest BCUT2D eigenvalue weighted by molar-refractivity contribution is 9.10. The van der Waals surface area contributed by atoms with Crippen molar-refractivity contribution in [1.82, 2.24) is 14.8 Å². The average molecular weight is 413 g/mol. The fourth-order valence-corrected chi connectivity index (χ4v) is 2.73. The van der Waals surface area contributed by atoms with E-state index in [-0.39, 0.29) is 16.6 Å². The van der Waals surface area contributed by atoms with E-state index in [2.05, 4.69) is 31.3 Å². The average Bonchev–Trinajstić information content (AvgIpc) is 2.54. The summed E-state index contributed by atoms with van der Waals surface area (Å²) in [5.41, 5.74) is -0.304. The van der Waals surface area contributed by atoms with Crippen LogP contribution in [0.15, 0.2) is 39.7 Å². The maximum atomic E-state index is 13.2. The molecule has 0 aliphatic rings. The second-order valence-electron chi connectivity index (χ2n) is 5.43. The van der Waals surface area contributed by atoms with E-state index in [4.69, 9.17) is 0 Å². The molecule has 3 aromatic rings. The van der Waals surface area contributed by atoms with E-state index in [1.807, 2.05) is 0 Å². The highest BCUT2D eigenvalue weighted by Crippen LogP contribution is 2.33. The van der Waals surface area contributed by atoms with E-state index in [9.17, 15) is 18.0 Å². The van der Waals surface area contributed by atoms with Gasteiger partial charge in [0.25, 0.3) is 5.56 Å². The first-order chi connectivity index (χ1) is 11.7. The minimum atomic E-state index is -4.64. The highest BCUT2D eigenvalue weighted by Gasteiger charge is 2.34. The van der Waals surface area contributed by atoms with Gasteiger partial charge in [0, 0.05) is 22.6 Å². The quantitative estimate of drug-likeness (QED) is 0.686. The van der Waals surface area contributed by atoms with E-state index in [0.717, 1.165) is 20.8 Å². The lowest BCUT2D eigenvalue weighted by Gasteiger charge is -2.15. The zero-order valence-electron chi connectivity index (χ0n) is 13.1. The van der Waals surface area contributed by atoms with Crippen molar-refractivity contribution in [2.45, 2.75) is 13.1 Å². The Morgan fingerprint density at radius 3 is 2.68 bits per heavy atom. The number of aromatic nitrogens is 3. The molecule has 0 fully saturated rings. The fourth-order valence-electron chi connectivity index (χ4n) is 2.36. The molecule has 0 aliphatic heterocycles. The van der Waals surface area contributed by atoms with Gasteiger partial charge in [0.15, 0.2) is 0 Å². The normalized spacial score (nSPS) is 11.8. The first-order valence-electron chi connectivity index (χ1n) is 7.15. The van der Waals surface area contributed by atoms with Crippen LogP contribution in [0.2, 0.25) is 0 Å². The summed E-state index contributed by atoms with van der Waals surface area (Å²) in [5, 5.41) is 6.75. The van der Waals surface area contributed by atoms with Crippen molar-refractivity contribution in [1.29, 1.82) is 0 Å². The van der Waals surface area contributed by atoms with Crippen molar-refractivity contribution >= 4 is 38.2 Å². The first kappa shape index (κ1) is 17.4. The lowest BCUT2D eigenvalue weighted by Crippen LogP contribution is -2.21. The Kier molecular flexibility index (Phi) is 4.28. The van der Waals surface area contributed by atoms with E-state index >= 15 is 0 Å². The fraction of sp³-hybridized carbons (Fsp3) is 0.188. The number of pyridine rings is 1. The second-order valence-corrected chi connectivity index (χ2v) is 6.28. The van der Waals surface area contributed by atoms with Crippen LogP contribution in [-0.4, -0.2) is 14.8 Å². The second kappa shape index (κ2) is 6.14. The molecule has 0 saturated heterocycles. The number of rotatable bonds is 2. The SMILES string of the molecule is Cc1c(Br)cccc1Nc1nc(C(F)(F)F)cc2cnn(C)c(=O)c12. The van der Waals surface area contributed by atoms with E-state index in [0.29, 0.717) is 5.69 Å². The molecule has 2 heterocycles. The molecule has 9 heteroatoms. The van der Waals surface area contributed by atoms with Crippen molar-refractivity contribution in [2.24, 2.45) is 7.05 Å². The summed E-state index contributed by atoms with van der Waals surface area (Å²) in [5.74, 6) is -0.158. The summed E-state index contributed by atoms with van der Waals surface area (Å²) in [6.45, 7) is 1.79. The lowest BCUT2D eigenvalue weighted by molar-refractivity contribution is -0.140. The monoisotopic (exact) mass is 412 g/mol. The summed E-state index contributed by atoms with van der Waals surface area (Å²) >= 11 is 3.37. The zero-order valence-corrected chi connectivity index (χ0v) is 14.7. The molecule has 0 aliphatic carbocycles. The van der Waals surface area contributed by atoms with Crippen molar-refractivity contribution in [3.63, 3.8) is 0 Å². The van der Waals surface area contributed by atoms with Crippen LogP contribution in [-0.2, 0) is 13.2 Å². The van der Waals surface area contributed by atoms with Gasteiger partial charge in [0.1, 0.15) is 11.5 Å². The van der Waals surface area contributed by atoms with E-state index < -0.39 is 17.4 Å².